The second-order valence-corrected chi connectivity index (χ2v) is 8.08. The molecule has 168 valence electrons. The maximum absolute atomic E-state index is 13.0. The van der Waals surface area contributed by atoms with Gasteiger partial charge in [-0.3, -0.25) is 4.99 Å². The average Bonchev–Trinajstić information content (AvgIpc) is 3.22. The Labute approximate surface area is 214 Å². The van der Waals surface area contributed by atoms with Crippen LogP contribution in [0.3, 0.4) is 0 Å². The zero-order valence-corrected chi connectivity index (χ0v) is 19.8. The molecule has 0 unspecified atom stereocenters. The van der Waals surface area contributed by atoms with Crippen molar-refractivity contribution in [2.45, 2.75) is 40.3 Å². The molecule has 11 heteroatoms. The van der Waals surface area contributed by atoms with Gasteiger partial charge in [-0.1, -0.05) is 36.7 Å². The van der Waals surface area contributed by atoms with Crippen molar-refractivity contribution in [3.8, 4) is 0 Å². The molecule has 0 bridgehead atoms. The number of carbonyl (C=O) groups is 2. The van der Waals surface area contributed by atoms with Gasteiger partial charge < -0.3 is 16.2 Å². The molecule has 2 heterocycles. The van der Waals surface area contributed by atoms with E-state index in [-0.39, 0.29) is 39.9 Å². The van der Waals surface area contributed by atoms with Crippen LogP contribution in [-0.2, 0) is 19.1 Å². The van der Waals surface area contributed by atoms with Gasteiger partial charge >= 0.3 is 30.8 Å². The Morgan fingerprint density at radius 3 is 2.66 bits per heavy atom. The number of carbonyl (C=O) groups excluding carboxylic acids is 2. The first-order valence-corrected chi connectivity index (χ1v) is 10.7. The summed E-state index contributed by atoms with van der Waals surface area (Å²) in [5, 5.41) is 6.41. The quantitative estimate of drug-likeness (QED) is 0.491. The van der Waals surface area contributed by atoms with Gasteiger partial charge in [0.25, 0.3) is 0 Å². The van der Waals surface area contributed by atoms with Crippen molar-refractivity contribution in [2.75, 3.05) is 6.61 Å². The molecule has 1 aliphatic rings. The van der Waals surface area contributed by atoms with E-state index in [0.29, 0.717) is 32.1 Å². The molecule has 0 aliphatic carbocycles. The molecule has 0 saturated heterocycles. The van der Waals surface area contributed by atoms with Crippen molar-refractivity contribution in [3.05, 3.63) is 61.7 Å². The average molecular weight is 492 g/mol. The van der Waals surface area contributed by atoms with Gasteiger partial charge in [-0.25, -0.2) is 14.6 Å². The molecule has 0 radical (unpaired) electrons. The number of thiazole rings is 1. The molecule has 7 nitrogen and oxygen atoms in total. The minimum Gasteiger partial charge on any atom is -1.00 e. The number of hydrogen-bond acceptors (Lipinski definition) is 8. The number of amidine groups is 1. The largest absolute Gasteiger partial charge is 1.00 e. The Balaban J connectivity index is 0.00000341. The SMILES string of the molecule is C.CCOC(=O)[C@@H](C)OC(=O)C1=C(C)NC(c2nccs2)=N[C@H]1c1ccc(Cl)cc1Cl.[H-].[Li+]. The normalized spacial score (nSPS) is 16.0. The summed E-state index contributed by atoms with van der Waals surface area (Å²) in [6, 6.07) is 4.19. The molecular formula is C21H24Cl2LiN3O4S. The predicted molar refractivity (Wildman–Crippen MR) is 124 cm³/mol. The van der Waals surface area contributed by atoms with Crippen LogP contribution in [0.5, 0.6) is 0 Å². The Hall–Kier alpha value is -1.82. The molecule has 1 aromatic carbocycles. The fourth-order valence-corrected chi connectivity index (χ4v) is 3.97. The van der Waals surface area contributed by atoms with E-state index in [9.17, 15) is 9.59 Å². The molecule has 3 rings (SSSR count). The van der Waals surface area contributed by atoms with Crippen molar-refractivity contribution in [3.63, 3.8) is 0 Å². The van der Waals surface area contributed by atoms with Crippen LogP contribution in [0.4, 0.5) is 0 Å². The number of benzene rings is 1. The van der Waals surface area contributed by atoms with Crippen molar-refractivity contribution in [1.82, 2.24) is 10.3 Å². The van der Waals surface area contributed by atoms with Crippen LogP contribution in [0.15, 0.2) is 46.0 Å². The third-order valence-electron chi connectivity index (χ3n) is 4.26. The van der Waals surface area contributed by atoms with Crippen LogP contribution in [0.1, 0.15) is 46.2 Å². The summed E-state index contributed by atoms with van der Waals surface area (Å²) in [7, 11) is 0. The number of aromatic nitrogens is 1. The van der Waals surface area contributed by atoms with Crippen LogP contribution < -0.4 is 24.2 Å². The van der Waals surface area contributed by atoms with Crippen molar-refractivity contribution < 1.29 is 39.4 Å². The van der Waals surface area contributed by atoms with Crippen LogP contribution >= 0.6 is 34.5 Å². The van der Waals surface area contributed by atoms with Gasteiger partial charge in [-0.05, 0) is 32.9 Å². The number of rotatable bonds is 6. The number of nitrogens with zero attached hydrogens (tertiary/aromatic N) is 2. The number of allylic oxidation sites excluding steroid dienone is 1. The topological polar surface area (TPSA) is 89.9 Å². The van der Waals surface area contributed by atoms with Crippen LogP contribution in [-0.4, -0.2) is 35.5 Å². The molecule has 0 fully saturated rings. The molecule has 0 spiro atoms. The second-order valence-electron chi connectivity index (χ2n) is 6.35. The fraction of sp³-hybridized carbons (Fsp3) is 0.333. The van der Waals surface area contributed by atoms with Crippen molar-refractivity contribution in [2.24, 2.45) is 4.99 Å². The fourth-order valence-electron chi connectivity index (χ4n) is 2.87. The Morgan fingerprint density at radius 1 is 1.34 bits per heavy atom. The number of aliphatic imine (C=N–C) groups is 1. The van der Waals surface area contributed by atoms with Gasteiger partial charge in [0.2, 0.25) is 0 Å². The molecule has 0 saturated carbocycles. The van der Waals surface area contributed by atoms with Gasteiger partial charge in [0.1, 0.15) is 6.04 Å². The first-order chi connectivity index (χ1) is 14.3. The maximum Gasteiger partial charge on any atom is 1.00 e. The Bertz CT molecular complexity index is 1030. The van der Waals surface area contributed by atoms with E-state index in [1.54, 1.807) is 38.2 Å². The number of nitrogens with one attached hydrogen (secondary N) is 1. The third kappa shape index (κ3) is 6.37. The summed E-state index contributed by atoms with van der Waals surface area (Å²) in [6.07, 6.45) is 0.599. The number of ether oxygens (including phenoxy) is 2. The maximum atomic E-state index is 13.0. The van der Waals surface area contributed by atoms with Gasteiger partial charge in [0, 0.05) is 32.9 Å². The first kappa shape index (κ1) is 28.2. The predicted octanol–water partition coefficient (Wildman–Crippen LogP) is 2.06. The van der Waals surface area contributed by atoms with Crippen LogP contribution in [0.25, 0.3) is 0 Å². The number of esters is 2. The standard InChI is InChI=1S/C20H19Cl2N3O4S.CH4.Li.H/c1-4-28-19(26)11(3)29-20(27)15-10(2)24-17(18-23-7-8-30-18)25-16(15)13-6-5-12(21)9-14(13)22;;;/h5-9,11,16H,4H2,1-3H3,(H,24,25);1H4;;/q;;+1;-1/t11-,16+;;;/m1.../s1. The molecule has 0 amide bonds. The zero-order chi connectivity index (χ0) is 21.8. The molecule has 1 aliphatic heterocycles. The van der Waals surface area contributed by atoms with E-state index < -0.39 is 24.1 Å². The summed E-state index contributed by atoms with van der Waals surface area (Å²) in [4.78, 5) is 33.8. The van der Waals surface area contributed by atoms with Crippen molar-refractivity contribution >= 4 is 52.3 Å². The van der Waals surface area contributed by atoms with Crippen LogP contribution in [0.2, 0.25) is 10.0 Å². The Kier molecular flexibility index (Phi) is 11.0. The summed E-state index contributed by atoms with van der Waals surface area (Å²) in [5.41, 5.74) is 1.33. The van der Waals surface area contributed by atoms with E-state index in [0.717, 1.165) is 0 Å². The van der Waals surface area contributed by atoms with Gasteiger partial charge in [-0.2, -0.15) is 0 Å². The van der Waals surface area contributed by atoms with Gasteiger partial charge in [0.05, 0.1) is 12.2 Å². The third-order valence-corrected chi connectivity index (χ3v) is 5.60. The number of halogens is 2. The molecular weight excluding hydrogens is 468 g/mol. The zero-order valence-electron chi connectivity index (χ0n) is 18.4. The first-order valence-electron chi connectivity index (χ1n) is 9.09. The molecule has 1 aromatic heterocycles. The summed E-state index contributed by atoms with van der Waals surface area (Å²) < 4.78 is 10.3. The molecule has 2 atom stereocenters. The Morgan fingerprint density at radius 2 is 2.06 bits per heavy atom. The van der Waals surface area contributed by atoms with Gasteiger partial charge in [-0.15, -0.1) is 11.3 Å². The van der Waals surface area contributed by atoms with E-state index in [1.807, 2.05) is 5.38 Å². The van der Waals surface area contributed by atoms with E-state index in [1.165, 1.54) is 18.3 Å². The smallest absolute Gasteiger partial charge is 1.00 e. The summed E-state index contributed by atoms with van der Waals surface area (Å²) >= 11 is 13.9. The van der Waals surface area contributed by atoms with E-state index >= 15 is 0 Å². The minimum atomic E-state index is -1.07. The van der Waals surface area contributed by atoms with Gasteiger partial charge in [0.15, 0.2) is 16.9 Å². The molecule has 32 heavy (non-hydrogen) atoms. The molecule has 2 aromatic rings. The second kappa shape index (κ2) is 12.4. The van der Waals surface area contributed by atoms with Crippen LogP contribution in [0, 0.1) is 0 Å². The number of hydrogen-bond donors (Lipinski definition) is 1. The summed E-state index contributed by atoms with van der Waals surface area (Å²) in [6.45, 7) is 5.05. The molecule has 1 N–H and O–H groups in total. The summed E-state index contributed by atoms with van der Waals surface area (Å²) in [5.74, 6) is -0.812. The minimum absolute atomic E-state index is 0. The monoisotopic (exact) mass is 491 g/mol. The van der Waals surface area contributed by atoms with E-state index in [2.05, 4.69) is 15.3 Å². The van der Waals surface area contributed by atoms with E-state index in [4.69, 9.17) is 32.7 Å². The van der Waals surface area contributed by atoms with Crippen molar-refractivity contribution in [1.29, 1.82) is 0 Å².